The van der Waals surface area contributed by atoms with E-state index in [0.29, 0.717) is 12.0 Å². The van der Waals surface area contributed by atoms with E-state index >= 15 is 0 Å². The molecule has 0 bridgehead atoms. The van der Waals surface area contributed by atoms with Crippen LogP contribution in [0.2, 0.25) is 0 Å². The molecular formula is C14H27NO2. The molecule has 1 N–H and O–H groups in total. The normalized spacial score (nSPS) is 18.3. The van der Waals surface area contributed by atoms with Crippen molar-refractivity contribution >= 4 is 5.91 Å². The number of hydrogen-bond donors (Lipinski definition) is 1. The van der Waals surface area contributed by atoms with E-state index in [1.807, 2.05) is 25.7 Å². The highest BCUT2D eigenvalue weighted by molar-refractivity contribution is 5.82. The zero-order chi connectivity index (χ0) is 13.2. The van der Waals surface area contributed by atoms with E-state index < -0.39 is 0 Å². The van der Waals surface area contributed by atoms with Gasteiger partial charge in [0.15, 0.2) is 0 Å². The molecule has 1 atom stereocenters. The molecule has 0 aliphatic heterocycles. The van der Waals surface area contributed by atoms with Crippen LogP contribution in [-0.2, 0) is 4.79 Å². The zero-order valence-corrected chi connectivity index (χ0v) is 11.9. The molecule has 0 heterocycles. The van der Waals surface area contributed by atoms with Crippen LogP contribution in [-0.4, -0.2) is 34.6 Å². The minimum atomic E-state index is -0.354. The fourth-order valence-electron chi connectivity index (χ4n) is 2.19. The number of aliphatic hydroxyl groups excluding tert-OH is 1. The van der Waals surface area contributed by atoms with Crippen LogP contribution in [0.4, 0.5) is 0 Å². The summed E-state index contributed by atoms with van der Waals surface area (Å²) < 4.78 is 0. The van der Waals surface area contributed by atoms with Crippen molar-refractivity contribution in [3.05, 3.63) is 0 Å². The number of aliphatic hydroxyl groups is 1. The van der Waals surface area contributed by atoms with Crippen molar-refractivity contribution in [2.24, 2.45) is 11.3 Å². The summed E-state index contributed by atoms with van der Waals surface area (Å²) in [6.45, 7) is 10.2. The average molecular weight is 241 g/mol. The second-order valence-electron chi connectivity index (χ2n) is 6.66. The summed E-state index contributed by atoms with van der Waals surface area (Å²) in [5.74, 6) is 0.681. The lowest BCUT2D eigenvalue weighted by molar-refractivity contribution is -0.144. The average Bonchev–Trinajstić information content (AvgIpc) is 2.98. The van der Waals surface area contributed by atoms with E-state index in [-0.39, 0.29) is 24.0 Å². The van der Waals surface area contributed by atoms with Gasteiger partial charge in [0.25, 0.3) is 0 Å². The Labute approximate surface area is 105 Å². The van der Waals surface area contributed by atoms with E-state index in [4.69, 9.17) is 0 Å². The molecule has 0 aromatic carbocycles. The van der Waals surface area contributed by atoms with E-state index in [9.17, 15) is 9.90 Å². The van der Waals surface area contributed by atoms with Crippen LogP contribution in [0.25, 0.3) is 0 Å². The Morgan fingerprint density at radius 1 is 1.35 bits per heavy atom. The van der Waals surface area contributed by atoms with E-state index in [1.54, 1.807) is 0 Å². The molecule has 1 aliphatic rings. The summed E-state index contributed by atoms with van der Waals surface area (Å²) in [5, 5.41) is 9.54. The molecule has 0 spiro atoms. The van der Waals surface area contributed by atoms with Gasteiger partial charge in [-0.2, -0.15) is 0 Å². The molecule has 100 valence electrons. The second kappa shape index (κ2) is 5.38. The predicted octanol–water partition coefficient (Wildman–Crippen LogP) is 2.43. The Kier molecular flexibility index (Phi) is 4.59. The highest BCUT2D eigenvalue weighted by atomic mass is 16.3. The summed E-state index contributed by atoms with van der Waals surface area (Å²) in [6, 6.07) is 0.367. The molecule has 1 rings (SSSR count). The van der Waals surface area contributed by atoms with Gasteiger partial charge >= 0.3 is 0 Å². The lowest BCUT2D eigenvalue weighted by atomic mass is 9.92. The van der Waals surface area contributed by atoms with Crippen molar-refractivity contribution in [2.75, 3.05) is 6.61 Å². The molecule has 17 heavy (non-hydrogen) atoms. The fourth-order valence-corrected chi connectivity index (χ4v) is 2.19. The van der Waals surface area contributed by atoms with Gasteiger partial charge in [-0.05, 0) is 25.2 Å². The van der Waals surface area contributed by atoms with Crippen LogP contribution >= 0.6 is 0 Å². The third-order valence-electron chi connectivity index (χ3n) is 3.16. The van der Waals surface area contributed by atoms with Crippen molar-refractivity contribution in [1.82, 2.24) is 4.90 Å². The number of carbonyl (C=O) groups is 1. The number of rotatable bonds is 5. The SMILES string of the molecule is CC(C)C[C@H](CO)N(C(=O)C(C)(C)C)C1CC1. The molecule has 1 saturated carbocycles. The summed E-state index contributed by atoms with van der Waals surface area (Å²) in [7, 11) is 0. The maximum absolute atomic E-state index is 12.4. The fraction of sp³-hybridized carbons (Fsp3) is 0.929. The van der Waals surface area contributed by atoms with Crippen LogP contribution in [0.15, 0.2) is 0 Å². The molecule has 0 aromatic rings. The topological polar surface area (TPSA) is 40.5 Å². The van der Waals surface area contributed by atoms with Gasteiger partial charge in [-0.3, -0.25) is 4.79 Å². The Morgan fingerprint density at radius 2 is 1.88 bits per heavy atom. The lowest BCUT2D eigenvalue weighted by Gasteiger charge is -2.36. The second-order valence-corrected chi connectivity index (χ2v) is 6.66. The summed E-state index contributed by atoms with van der Waals surface area (Å²) in [4.78, 5) is 14.4. The third-order valence-corrected chi connectivity index (χ3v) is 3.16. The minimum Gasteiger partial charge on any atom is -0.394 e. The van der Waals surface area contributed by atoms with Crippen molar-refractivity contribution in [2.45, 2.75) is 66.0 Å². The van der Waals surface area contributed by atoms with Gasteiger partial charge in [0, 0.05) is 11.5 Å². The molecule has 0 radical (unpaired) electrons. The first-order valence-electron chi connectivity index (χ1n) is 6.71. The van der Waals surface area contributed by atoms with Gasteiger partial charge in [0.2, 0.25) is 5.91 Å². The maximum Gasteiger partial charge on any atom is 0.228 e. The summed E-state index contributed by atoms with van der Waals surface area (Å²) in [5.41, 5.74) is -0.354. The third kappa shape index (κ3) is 3.98. The number of amides is 1. The van der Waals surface area contributed by atoms with Gasteiger partial charge in [-0.15, -0.1) is 0 Å². The molecule has 0 unspecified atom stereocenters. The van der Waals surface area contributed by atoms with Crippen molar-refractivity contribution in [1.29, 1.82) is 0 Å². The number of carbonyl (C=O) groups excluding carboxylic acids is 1. The van der Waals surface area contributed by atoms with Crippen LogP contribution < -0.4 is 0 Å². The monoisotopic (exact) mass is 241 g/mol. The molecule has 0 saturated heterocycles. The van der Waals surface area contributed by atoms with Crippen LogP contribution in [0.5, 0.6) is 0 Å². The minimum absolute atomic E-state index is 0.00535. The van der Waals surface area contributed by atoms with Crippen molar-refractivity contribution < 1.29 is 9.90 Å². The van der Waals surface area contributed by atoms with Gasteiger partial charge in [0.05, 0.1) is 12.6 Å². The predicted molar refractivity (Wildman–Crippen MR) is 69.7 cm³/mol. The number of nitrogens with zero attached hydrogens (tertiary/aromatic N) is 1. The maximum atomic E-state index is 12.4. The molecule has 1 fully saturated rings. The van der Waals surface area contributed by atoms with Gasteiger partial charge in [0.1, 0.15) is 0 Å². The van der Waals surface area contributed by atoms with E-state index in [0.717, 1.165) is 19.3 Å². The summed E-state index contributed by atoms with van der Waals surface area (Å²) >= 11 is 0. The molecule has 1 amide bonds. The molecule has 1 aliphatic carbocycles. The first-order valence-corrected chi connectivity index (χ1v) is 6.71. The van der Waals surface area contributed by atoms with Crippen LogP contribution in [0.1, 0.15) is 53.9 Å². The Balaban J connectivity index is 2.80. The quantitative estimate of drug-likeness (QED) is 0.803. The Morgan fingerprint density at radius 3 is 2.18 bits per heavy atom. The zero-order valence-electron chi connectivity index (χ0n) is 11.9. The van der Waals surface area contributed by atoms with E-state index in [1.165, 1.54) is 0 Å². The standard InChI is InChI=1S/C14H27NO2/c1-10(2)8-12(9-16)15(11-6-7-11)13(17)14(3,4)5/h10-12,16H,6-9H2,1-5H3/t12-/m1/s1. The Bertz CT molecular complexity index is 264. The van der Waals surface area contributed by atoms with Crippen molar-refractivity contribution in [3.63, 3.8) is 0 Å². The van der Waals surface area contributed by atoms with Gasteiger partial charge < -0.3 is 10.0 Å². The largest absolute Gasteiger partial charge is 0.394 e. The molecule has 0 aromatic heterocycles. The highest BCUT2D eigenvalue weighted by Gasteiger charge is 2.41. The highest BCUT2D eigenvalue weighted by Crippen LogP contribution is 2.34. The van der Waals surface area contributed by atoms with Gasteiger partial charge in [-0.25, -0.2) is 0 Å². The van der Waals surface area contributed by atoms with Crippen molar-refractivity contribution in [3.8, 4) is 0 Å². The van der Waals surface area contributed by atoms with Crippen LogP contribution in [0.3, 0.4) is 0 Å². The lowest BCUT2D eigenvalue weighted by Crippen LogP contribution is -2.49. The van der Waals surface area contributed by atoms with Gasteiger partial charge in [-0.1, -0.05) is 34.6 Å². The first-order chi connectivity index (χ1) is 7.77. The Hall–Kier alpha value is -0.570. The van der Waals surface area contributed by atoms with Crippen LogP contribution in [0, 0.1) is 11.3 Å². The molecule has 3 heteroatoms. The first kappa shape index (κ1) is 14.5. The smallest absolute Gasteiger partial charge is 0.228 e. The summed E-state index contributed by atoms with van der Waals surface area (Å²) in [6.07, 6.45) is 3.07. The molecular weight excluding hydrogens is 214 g/mol. The van der Waals surface area contributed by atoms with E-state index in [2.05, 4.69) is 13.8 Å². The molecule has 3 nitrogen and oxygen atoms in total. The number of hydrogen-bond acceptors (Lipinski definition) is 2.